The molecule has 8 nitrogen and oxygen atoms in total. The average Bonchev–Trinajstić information content (AvgIpc) is 2.55. The van der Waals surface area contributed by atoms with Crippen LogP contribution in [0.1, 0.15) is 5.56 Å². The molecule has 0 saturated carbocycles. The summed E-state index contributed by atoms with van der Waals surface area (Å²) in [5.74, 6) is 0. The molecule has 2 rings (SSSR count). The number of halogens is 3. The fourth-order valence-corrected chi connectivity index (χ4v) is 2.91. The van der Waals surface area contributed by atoms with Crippen LogP contribution in [0.5, 0.6) is 0 Å². The number of carbonyl (C=O) groups excluding carboxylic acids is 1. The number of anilines is 1. The number of hydrogen-bond donors (Lipinski definition) is 1. The van der Waals surface area contributed by atoms with Crippen molar-refractivity contribution < 1.29 is 27.8 Å². The Hall–Kier alpha value is -3.15. The molecule has 0 atom stereocenters. The average molecular weight is 387 g/mol. The van der Waals surface area contributed by atoms with Gasteiger partial charge in [-0.3, -0.25) is 25.0 Å². The van der Waals surface area contributed by atoms with Crippen LogP contribution >= 0.6 is 11.8 Å². The fraction of sp³-hybridized carbons (Fsp3) is 0.0714. The van der Waals surface area contributed by atoms with Crippen molar-refractivity contribution in [2.24, 2.45) is 0 Å². The summed E-state index contributed by atoms with van der Waals surface area (Å²) in [4.78, 5) is 30.9. The maximum atomic E-state index is 12.8. The van der Waals surface area contributed by atoms with E-state index in [-0.39, 0.29) is 21.9 Å². The molecular formula is C14H8F3N3O5S. The van der Waals surface area contributed by atoms with Crippen molar-refractivity contribution >= 4 is 35.2 Å². The summed E-state index contributed by atoms with van der Waals surface area (Å²) in [6.45, 7) is 0. The summed E-state index contributed by atoms with van der Waals surface area (Å²) < 4.78 is 38.3. The number of nitrogens with zero attached hydrogens (tertiary/aromatic N) is 2. The van der Waals surface area contributed by atoms with Gasteiger partial charge in [-0.2, -0.15) is 13.2 Å². The highest BCUT2D eigenvalue weighted by atomic mass is 32.2. The number of nitro groups is 2. The second-order valence-electron chi connectivity index (χ2n) is 4.74. The molecule has 1 N–H and O–H groups in total. The van der Waals surface area contributed by atoms with Crippen LogP contribution < -0.4 is 5.32 Å². The van der Waals surface area contributed by atoms with Gasteiger partial charge in [0.1, 0.15) is 0 Å². The first-order valence-electron chi connectivity index (χ1n) is 6.65. The minimum Gasteiger partial charge on any atom is -0.328 e. The van der Waals surface area contributed by atoms with Crippen molar-refractivity contribution in [1.29, 1.82) is 0 Å². The van der Waals surface area contributed by atoms with Gasteiger partial charge in [-0.15, -0.1) is 0 Å². The first-order chi connectivity index (χ1) is 12.1. The maximum Gasteiger partial charge on any atom is 0.416 e. The number of non-ortho nitro benzene ring substituents is 1. The molecule has 0 aliphatic heterocycles. The molecule has 0 heterocycles. The minimum atomic E-state index is -4.64. The van der Waals surface area contributed by atoms with Gasteiger partial charge in [0.25, 0.3) is 11.4 Å². The van der Waals surface area contributed by atoms with Crippen molar-refractivity contribution in [1.82, 2.24) is 0 Å². The van der Waals surface area contributed by atoms with Crippen LogP contribution in [0.25, 0.3) is 0 Å². The van der Waals surface area contributed by atoms with Crippen molar-refractivity contribution in [3.63, 3.8) is 0 Å². The number of carbonyl (C=O) groups is 1. The van der Waals surface area contributed by atoms with E-state index in [0.717, 1.165) is 30.3 Å². The third-order valence-corrected chi connectivity index (χ3v) is 4.23. The van der Waals surface area contributed by atoms with Crippen LogP contribution in [0.15, 0.2) is 46.2 Å². The highest BCUT2D eigenvalue weighted by Gasteiger charge is 2.31. The molecule has 26 heavy (non-hydrogen) atoms. The number of alkyl halides is 3. The Morgan fingerprint density at radius 1 is 1.00 bits per heavy atom. The standard InChI is InChI=1S/C14H8F3N3O5S/c15-14(16,17)8-1-3-12(10(5-8)18-7-21)26-13-4-2-9(19(22)23)6-11(13)20(24)25/h1-7H,(H,18,21). The second-order valence-corrected chi connectivity index (χ2v) is 5.82. The van der Waals surface area contributed by atoms with E-state index in [4.69, 9.17) is 0 Å². The van der Waals surface area contributed by atoms with Crippen LogP contribution in [0.4, 0.5) is 30.2 Å². The lowest BCUT2D eigenvalue weighted by molar-refractivity contribution is -0.396. The number of nitrogens with one attached hydrogen (secondary N) is 1. The molecule has 2 aromatic rings. The smallest absolute Gasteiger partial charge is 0.328 e. The summed E-state index contributed by atoms with van der Waals surface area (Å²) in [6, 6.07) is 5.39. The Morgan fingerprint density at radius 3 is 2.19 bits per heavy atom. The monoisotopic (exact) mass is 387 g/mol. The number of amides is 1. The predicted octanol–water partition coefficient (Wildman–Crippen LogP) is 4.24. The molecule has 0 fully saturated rings. The summed E-state index contributed by atoms with van der Waals surface area (Å²) in [5, 5.41) is 24.0. The van der Waals surface area contributed by atoms with E-state index in [1.165, 1.54) is 0 Å². The molecule has 0 unspecified atom stereocenters. The van der Waals surface area contributed by atoms with E-state index in [1.807, 2.05) is 0 Å². The quantitative estimate of drug-likeness (QED) is 0.450. The molecule has 0 aliphatic rings. The lowest BCUT2D eigenvalue weighted by Gasteiger charge is -2.12. The van der Waals surface area contributed by atoms with Gasteiger partial charge in [-0.05, 0) is 24.3 Å². The molecular weight excluding hydrogens is 379 g/mol. The van der Waals surface area contributed by atoms with E-state index < -0.39 is 33.0 Å². The highest BCUT2D eigenvalue weighted by molar-refractivity contribution is 7.99. The summed E-state index contributed by atoms with van der Waals surface area (Å²) in [5.41, 5.74) is -2.29. The topological polar surface area (TPSA) is 115 Å². The first kappa shape index (κ1) is 19.2. The highest BCUT2D eigenvalue weighted by Crippen LogP contribution is 2.41. The van der Waals surface area contributed by atoms with Gasteiger partial charge in [0, 0.05) is 11.0 Å². The van der Waals surface area contributed by atoms with Gasteiger partial charge in [-0.25, -0.2) is 0 Å². The van der Waals surface area contributed by atoms with Gasteiger partial charge in [0.05, 0.1) is 32.1 Å². The zero-order valence-electron chi connectivity index (χ0n) is 12.5. The molecule has 0 bridgehead atoms. The molecule has 0 aliphatic carbocycles. The molecule has 12 heteroatoms. The van der Waals surface area contributed by atoms with Crippen molar-refractivity contribution in [2.45, 2.75) is 16.0 Å². The van der Waals surface area contributed by atoms with Gasteiger partial charge in [-0.1, -0.05) is 11.8 Å². The lowest BCUT2D eigenvalue weighted by Crippen LogP contribution is -2.06. The summed E-state index contributed by atoms with van der Waals surface area (Å²) in [7, 11) is 0. The van der Waals surface area contributed by atoms with Gasteiger partial charge in [0.2, 0.25) is 6.41 Å². The second kappa shape index (κ2) is 7.39. The number of benzene rings is 2. The summed E-state index contributed by atoms with van der Waals surface area (Å²) >= 11 is 0.696. The number of nitro benzene ring substituents is 2. The third-order valence-electron chi connectivity index (χ3n) is 3.09. The minimum absolute atomic E-state index is 0.0330. The lowest BCUT2D eigenvalue weighted by atomic mass is 10.2. The maximum absolute atomic E-state index is 12.8. The Morgan fingerprint density at radius 2 is 1.65 bits per heavy atom. The number of rotatable bonds is 6. The molecule has 0 radical (unpaired) electrons. The van der Waals surface area contributed by atoms with Crippen molar-refractivity contribution in [3.05, 3.63) is 62.2 Å². The molecule has 1 amide bonds. The van der Waals surface area contributed by atoms with Gasteiger partial charge < -0.3 is 5.32 Å². The zero-order chi connectivity index (χ0) is 19.5. The van der Waals surface area contributed by atoms with Crippen molar-refractivity contribution in [3.8, 4) is 0 Å². The Balaban J connectivity index is 2.49. The third kappa shape index (κ3) is 4.27. The molecule has 136 valence electrons. The largest absolute Gasteiger partial charge is 0.416 e. The SMILES string of the molecule is O=CNc1cc(C(F)(F)F)ccc1Sc1ccc([N+](=O)[O-])cc1[N+](=O)[O-]. The Labute approximate surface area is 147 Å². The molecule has 2 aromatic carbocycles. The van der Waals surface area contributed by atoms with Crippen LogP contribution in [0.2, 0.25) is 0 Å². The van der Waals surface area contributed by atoms with Crippen LogP contribution in [-0.4, -0.2) is 16.3 Å². The Bertz CT molecular complexity index is 889. The van der Waals surface area contributed by atoms with Gasteiger partial charge in [0.15, 0.2) is 0 Å². The molecule has 0 spiro atoms. The first-order valence-corrected chi connectivity index (χ1v) is 7.47. The summed E-state index contributed by atoms with van der Waals surface area (Å²) in [6.07, 6.45) is -4.47. The van der Waals surface area contributed by atoms with E-state index >= 15 is 0 Å². The van der Waals surface area contributed by atoms with Crippen LogP contribution in [0, 0.1) is 20.2 Å². The zero-order valence-corrected chi connectivity index (χ0v) is 13.3. The molecule has 0 saturated heterocycles. The van der Waals surface area contributed by atoms with E-state index in [9.17, 15) is 38.2 Å². The Kier molecular flexibility index (Phi) is 5.45. The van der Waals surface area contributed by atoms with E-state index in [1.54, 1.807) is 0 Å². The fourth-order valence-electron chi connectivity index (χ4n) is 1.94. The van der Waals surface area contributed by atoms with E-state index in [2.05, 4.69) is 5.32 Å². The van der Waals surface area contributed by atoms with Crippen molar-refractivity contribution in [2.75, 3.05) is 5.32 Å². The van der Waals surface area contributed by atoms with E-state index in [0.29, 0.717) is 17.8 Å². The van der Waals surface area contributed by atoms with Crippen LogP contribution in [0.3, 0.4) is 0 Å². The van der Waals surface area contributed by atoms with Gasteiger partial charge >= 0.3 is 6.18 Å². The normalized spacial score (nSPS) is 11.0. The predicted molar refractivity (Wildman–Crippen MR) is 85.0 cm³/mol. The van der Waals surface area contributed by atoms with Crippen LogP contribution in [-0.2, 0) is 11.0 Å². The molecule has 0 aromatic heterocycles. The number of hydrogen-bond acceptors (Lipinski definition) is 6.